The van der Waals surface area contributed by atoms with Crippen LogP contribution in [0.5, 0.6) is 0 Å². The molecule has 1 unspecified atom stereocenters. The molecule has 1 aromatic carbocycles. The minimum absolute atomic E-state index is 0.129. The van der Waals surface area contributed by atoms with Gasteiger partial charge in [-0.2, -0.15) is 4.98 Å². The van der Waals surface area contributed by atoms with E-state index in [-0.39, 0.29) is 11.2 Å². The number of rotatable bonds is 6. The van der Waals surface area contributed by atoms with Gasteiger partial charge in [0.15, 0.2) is 5.82 Å². The van der Waals surface area contributed by atoms with E-state index in [1.54, 1.807) is 0 Å². The number of aryl methyl sites for hydroxylation is 1. The first-order valence-corrected chi connectivity index (χ1v) is 10.7. The number of aromatic nitrogens is 2. The van der Waals surface area contributed by atoms with Crippen molar-refractivity contribution in [1.29, 1.82) is 0 Å². The van der Waals surface area contributed by atoms with Gasteiger partial charge in [-0.05, 0) is 81.3 Å². The van der Waals surface area contributed by atoms with Gasteiger partial charge in [0.05, 0.1) is 6.20 Å². The number of nitrogens with one attached hydrogen (secondary N) is 2. The molecule has 1 aliphatic heterocycles. The highest BCUT2D eigenvalue weighted by molar-refractivity contribution is 6.33. The molecule has 164 valence electrons. The molecule has 2 heterocycles. The van der Waals surface area contributed by atoms with E-state index in [1.807, 2.05) is 51.3 Å². The molecule has 0 aliphatic carbocycles. The summed E-state index contributed by atoms with van der Waals surface area (Å²) in [6, 6.07) is 8.03. The molecule has 1 atom stereocenters. The standard InChI is InChI=1S/C22H25Cl2N5O2/c1-22(2,3)31-21(30)28-18-12-15(9-10-25-18)8-7-14-5-4-6-16(11-14)27-19-17(23)13-26-20(24)29-19/h4-6,10-13,15H,7-9H2,1-3H3,(H,28,30)(H,26,27,29). The second kappa shape index (κ2) is 10.1. The molecule has 3 rings (SSSR count). The summed E-state index contributed by atoms with van der Waals surface area (Å²) in [6.45, 7) is 5.47. The molecule has 9 heteroatoms. The van der Waals surface area contributed by atoms with Gasteiger partial charge in [0.1, 0.15) is 16.4 Å². The Morgan fingerprint density at radius 1 is 1.29 bits per heavy atom. The predicted octanol–water partition coefficient (Wildman–Crippen LogP) is 5.92. The molecule has 0 bridgehead atoms. The number of hydrogen-bond acceptors (Lipinski definition) is 6. The number of aliphatic imine (C=N–C) groups is 1. The highest BCUT2D eigenvalue weighted by Crippen LogP contribution is 2.25. The van der Waals surface area contributed by atoms with Crippen molar-refractivity contribution in [2.75, 3.05) is 5.32 Å². The molecule has 0 fully saturated rings. The molecular formula is C22H25Cl2N5O2. The van der Waals surface area contributed by atoms with E-state index in [1.165, 1.54) is 11.8 Å². The number of nitrogens with zero attached hydrogens (tertiary/aromatic N) is 3. The van der Waals surface area contributed by atoms with Crippen LogP contribution < -0.4 is 10.6 Å². The van der Waals surface area contributed by atoms with Gasteiger partial charge in [-0.15, -0.1) is 0 Å². The Morgan fingerprint density at radius 2 is 2.10 bits per heavy atom. The zero-order chi connectivity index (χ0) is 22.4. The lowest BCUT2D eigenvalue weighted by atomic mass is 9.95. The van der Waals surface area contributed by atoms with Crippen molar-refractivity contribution in [1.82, 2.24) is 15.3 Å². The quantitative estimate of drug-likeness (QED) is 0.521. The molecule has 0 saturated carbocycles. The van der Waals surface area contributed by atoms with E-state index in [4.69, 9.17) is 27.9 Å². The fraction of sp³-hybridized carbons (Fsp3) is 0.364. The second-order valence-electron chi connectivity index (χ2n) is 8.19. The number of allylic oxidation sites excluding steroid dienone is 1. The Bertz CT molecular complexity index is 1000. The summed E-state index contributed by atoms with van der Waals surface area (Å²) in [4.78, 5) is 24.2. The third-order valence-corrected chi connectivity index (χ3v) is 4.83. The Balaban J connectivity index is 1.58. The Labute approximate surface area is 191 Å². The van der Waals surface area contributed by atoms with Crippen LogP contribution in [0.1, 0.15) is 39.2 Å². The number of carbonyl (C=O) groups excluding carboxylic acids is 1. The summed E-state index contributed by atoms with van der Waals surface area (Å²) < 4.78 is 5.28. The maximum Gasteiger partial charge on any atom is 0.413 e. The van der Waals surface area contributed by atoms with Crippen molar-refractivity contribution in [3.8, 4) is 0 Å². The first kappa shape index (κ1) is 23.0. The second-order valence-corrected chi connectivity index (χ2v) is 8.93. The molecule has 1 aromatic heterocycles. The highest BCUT2D eigenvalue weighted by Gasteiger charge is 2.18. The largest absolute Gasteiger partial charge is 0.444 e. The van der Waals surface area contributed by atoms with Crippen LogP contribution in [0.3, 0.4) is 0 Å². The van der Waals surface area contributed by atoms with Gasteiger partial charge >= 0.3 is 6.09 Å². The molecule has 31 heavy (non-hydrogen) atoms. The monoisotopic (exact) mass is 461 g/mol. The number of benzene rings is 1. The van der Waals surface area contributed by atoms with Crippen molar-refractivity contribution < 1.29 is 9.53 Å². The minimum atomic E-state index is -0.553. The summed E-state index contributed by atoms with van der Waals surface area (Å²) in [6.07, 6.45) is 7.37. The lowest BCUT2D eigenvalue weighted by molar-refractivity contribution is 0.0545. The summed E-state index contributed by atoms with van der Waals surface area (Å²) >= 11 is 12.0. The zero-order valence-electron chi connectivity index (χ0n) is 17.7. The lowest BCUT2D eigenvalue weighted by Gasteiger charge is -2.21. The van der Waals surface area contributed by atoms with Crippen LogP contribution in [-0.4, -0.2) is 27.9 Å². The smallest absolute Gasteiger partial charge is 0.413 e. The average Bonchev–Trinajstić information content (AvgIpc) is 2.68. The minimum Gasteiger partial charge on any atom is -0.444 e. The number of halogens is 2. The van der Waals surface area contributed by atoms with Gasteiger partial charge < -0.3 is 10.1 Å². The van der Waals surface area contributed by atoms with Crippen LogP contribution in [0.25, 0.3) is 0 Å². The van der Waals surface area contributed by atoms with E-state index in [0.29, 0.717) is 16.7 Å². The average molecular weight is 462 g/mol. The van der Waals surface area contributed by atoms with E-state index in [0.717, 1.165) is 24.9 Å². The molecule has 1 amide bonds. The van der Waals surface area contributed by atoms with Crippen LogP contribution in [0.15, 0.2) is 47.4 Å². The van der Waals surface area contributed by atoms with Gasteiger partial charge in [-0.25, -0.2) is 14.8 Å². The number of amides is 1. The first-order valence-electron chi connectivity index (χ1n) is 9.96. The van der Waals surface area contributed by atoms with Crippen molar-refractivity contribution in [2.24, 2.45) is 10.9 Å². The lowest BCUT2D eigenvalue weighted by Crippen LogP contribution is -2.32. The van der Waals surface area contributed by atoms with Gasteiger partial charge in [0.25, 0.3) is 0 Å². The van der Waals surface area contributed by atoms with Gasteiger partial charge in [-0.1, -0.05) is 23.7 Å². The van der Waals surface area contributed by atoms with Crippen LogP contribution in [0.4, 0.5) is 16.3 Å². The van der Waals surface area contributed by atoms with Crippen molar-refractivity contribution in [3.05, 3.63) is 58.2 Å². The van der Waals surface area contributed by atoms with Crippen LogP contribution in [-0.2, 0) is 11.2 Å². The molecule has 2 N–H and O–H groups in total. The Hall–Kier alpha value is -2.64. The number of alkyl carbamates (subject to hydrolysis) is 1. The van der Waals surface area contributed by atoms with E-state index >= 15 is 0 Å². The molecule has 0 radical (unpaired) electrons. The van der Waals surface area contributed by atoms with Gasteiger partial charge in [-0.3, -0.25) is 5.32 Å². The third-order valence-electron chi connectivity index (χ3n) is 4.37. The molecule has 0 spiro atoms. The fourth-order valence-electron chi connectivity index (χ4n) is 3.03. The maximum atomic E-state index is 12.0. The maximum absolute atomic E-state index is 12.0. The van der Waals surface area contributed by atoms with Crippen LogP contribution in [0, 0.1) is 5.92 Å². The summed E-state index contributed by atoms with van der Waals surface area (Å²) in [5, 5.41) is 6.41. The van der Waals surface area contributed by atoms with Gasteiger partial charge in [0, 0.05) is 11.9 Å². The molecule has 1 aliphatic rings. The van der Waals surface area contributed by atoms with E-state index in [2.05, 4.69) is 31.7 Å². The normalized spacial score (nSPS) is 15.9. The highest BCUT2D eigenvalue weighted by atomic mass is 35.5. The molecule has 0 saturated heterocycles. The third kappa shape index (κ3) is 7.52. The molecular weight excluding hydrogens is 437 g/mol. The van der Waals surface area contributed by atoms with Crippen molar-refractivity contribution in [3.63, 3.8) is 0 Å². The van der Waals surface area contributed by atoms with Crippen molar-refractivity contribution >= 4 is 47.0 Å². The fourth-order valence-corrected chi connectivity index (χ4v) is 3.30. The van der Waals surface area contributed by atoms with Crippen LogP contribution in [0.2, 0.25) is 10.3 Å². The number of ether oxygens (including phenoxy) is 1. The first-order chi connectivity index (χ1) is 14.7. The van der Waals surface area contributed by atoms with Crippen LogP contribution >= 0.6 is 23.2 Å². The summed E-state index contributed by atoms with van der Waals surface area (Å²) in [7, 11) is 0. The van der Waals surface area contributed by atoms with Crippen molar-refractivity contribution in [2.45, 2.75) is 45.6 Å². The summed E-state index contributed by atoms with van der Waals surface area (Å²) in [5.41, 5.74) is 1.48. The Kier molecular flexibility index (Phi) is 7.51. The molecule has 7 nitrogen and oxygen atoms in total. The molecule has 2 aromatic rings. The number of carbonyl (C=O) groups is 1. The van der Waals surface area contributed by atoms with Gasteiger partial charge in [0.2, 0.25) is 5.28 Å². The number of anilines is 2. The SMILES string of the molecule is CC(C)(C)OC(=O)NC1=CC(CCc2cccc(Nc3nc(Cl)ncc3Cl)c2)CC=N1. The summed E-state index contributed by atoms with van der Waals surface area (Å²) in [5.74, 6) is 1.26. The van der Waals surface area contributed by atoms with E-state index in [9.17, 15) is 4.79 Å². The van der Waals surface area contributed by atoms with E-state index < -0.39 is 11.7 Å². The number of hydrogen-bond donors (Lipinski definition) is 2. The zero-order valence-corrected chi connectivity index (χ0v) is 19.2. The predicted molar refractivity (Wildman–Crippen MR) is 124 cm³/mol. The topological polar surface area (TPSA) is 88.5 Å². The Morgan fingerprint density at radius 3 is 2.87 bits per heavy atom.